The molecule has 1 aliphatic rings. The van der Waals surface area contributed by atoms with Gasteiger partial charge in [0.05, 0.1) is 9.73 Å². The molecule has 1 aliphatic carbocycles. The molecule has 0 heterocycles. The van der Waals surface area contributed by atoms with E-state index in [0.29, 0.717) is 0 Å². The lowest BCUT2D eigenvalue weighted by Crippen LogP contribution is -2.11. The van der Waals surface area contributed by atoms with Gasteiger partial charge in [0, 0.05) is 0 Å². The number of rotatable bonds is 2. The monoisotopic (exact) mass is 182 g/mol. The van der Waals surface area contributed by atoms with Crippen LogP contribution in [0.2, 0.25) is 0 Å². The predicted molar refractivity (Wildman–Crippen MR) is 57.3 cm³/mol. The topological polar surface area (TPSA) is 0 Å². The Kier molecular flexibility index (Phi) is 3.09. The summed E-state index contributed by atoms with van der Waals surface area (Å²) >= 11 is 10.2. The van der Waals surface area contributed by atoms with Gasteiger partial charge < -0.3 is 0 Å². The minimum atomic E-state index is 0.811. The van der Waals surface area contributed by atoms with Crippen LogP contribution in [0.5, 0.6) is 0 Å². The summed E-state index contributed by atoms with van der Waals surface area (Å²) in [6.45, 7) is 2.14. The Hall–Kier alpha value is -0.340. The van der Waals surface area contributed by atoms with Gasteiger partial charge in [0.25, 0.3) is 0 Å². The highest BCUT2D eigenvalue weighted by molar-refractivity contribution is 7.90. The maximum atomic E-state index is 5.15. The molecule has 0 saturated heterocycles. The third-order valence-electron chi connectivity index (χ3n) is 1.58. The van der Waals surface area contributed by atoms with Gasteiger partial charge in [-0.15, -0.1) is 0 Å². The maximum absolute atomic E-state index is 5.15. The van der Waals surface area contributed by atoms with Crippen molar-refractivity contribution in [2.75, 3.05) is 0 Å². The number of hydrogen-bond donors (Lipinski definition) is 0. The number of hydrogen-bond acceptors (Lipinski definition) is 2. The molecule has 11 heavy (non-hydrogen) atoms. The van der Waals surface area contributed by atoms with Gasteiger partial charge in [0.2, 0.25) is 0 Å². The first kappa shape index (κ1) is 8.75. The first-order chi connectivity index (χ1) is 5.25. The van der Waals surface area contributed by atoms with Crippen LogP contribution in [-0.4, -0.2) is 9.73 Å². The van der Waals surface area contributed by atoms with Crippen LogP contribution in [0.3, 0.4) is 0 Å². The number of thiocarbonyl (C=S) groups is 2. The zero-order valence-electron chi connectivity index (χ0n) is 6.46. The van der Waals surface area contributed by atoms with Crippen molar-refractivity contribution in [1.29, 1.82) is 0 Å². The highest BCUT2D eigenvalue weighted by atomic mass is 32.1. The minimum Gasteiger partial charge on any atom is -0.0785 e. The van der Waals surface area contributed by atoms with E-state index in [1.54, 1.807) is 0 Å². The van der Waals surface area contributed by atoms with Crippen LogP contribution < -0.4 is 0 Å². The van der Waals surface area contributed by atoms with Crippen molar-refractivity contribution in [2.24, 2.45) is 0 Å². The molecule has 2 heteroatoms. The second kappa shape index (κ2) is 3.88. The molecular formula is C9H10S2. The molecule has 0 bridgehead atoms. The van der Waals surface area contributed by atoms with Crippen molar-refractivity contribution < 1.29 is 0 Å². The summed E-state index contributed by atoms with van der Waals surface area (Å²) < 4.78 is 0. The van der Waals surface area contributed by atoms with Gasteiger partial charge in [-0.1, -0.05) is 49.9 Å². The van der Waals surface area contributed by atoms with Crippen LogP contribution in [0.25, 0.3) is 0 Å². The molecular weight excluding hydrogens is 172 g/mol. The van der Waals surface area contributed by atoms with E-state index >= 15 is 0 Å². The second-order valence-electron chi connectivity index (χ2n) is 2.49. The second-order valence-corrected chi connectivity index (χ2v) is 3.34. The summed E-state index contributed by atoms with van der Waals surface area (Å²) in [5.41, 5.74) is 1.22. The Morgan fingerprint density at radius 1 is 1.36 bits per heavy atom. The fourth-order valence-corrected chi connectivity index (χ4v) is 1.48. The van der Waals surface area contributed by atoms with Crippen LogP contribution in [0.4, 0.5) is 0 Å². The summed E-state index contributed by atoms with van der Waals surface area (Å²) in [6, 6.07) is 0. The summed E-state index contributed by atoms with van der Waals surface area (Å²) in [6.07, 6.45) is 8.09. The lowest BCUT2D eigenvalue weighted by atomic mass is 10.0. The van der Waals surface area contributed by atoms with Gasteiger partial charge in [-0.05, 0) is 18.1 Å². The molecule has 0 nitrogen and oxygen atoms in total. The average Bonchev–Trinajstić information content (AvgIpc) is 1.99. The average molecular weight is 182 g/mol. The zero-order valence-corrected chi connectivity index (χ0v) is 8.10. The predicted octanol–water partition coefficient (Wildman–Crippen LogP) is 3.02. The highest BCUT2D eigenvalue weighted by Gasteiger charge is 2.09. The summed E-state index contributed by atoms with van der Waals surface area (Å²) in [4.78, 5) is 1.68. The van der Waals surface area contributed by atoms with Crippen molar-refractivity contribution in [2.45, 2.75) is 19.8 Å². The highest BCUT2D eigenvalue weighted by Crippen LogP contribution is 2.13. The fourth-order valence-electron chi connectivity index (χ4n) is 1.03. The fraction of sp³-hybridized carbons (Fsp3) is 0.333. The van der Waals surface area contributed by atoms with Crippen molar-refractivity contribution >= 4 is 34.2 Å². The first-order valence-electron chi connectivity index (χ1n) is 3.71. The molecule has 0 atom stereocenters. The molecule has 58 valence electrons. The summed E-state index contributed by atoms with van der Waals surface area (Å²) in [5.74, 6) is 0. The molecule has 0 aliphatic heterocycles. The largest absolute Gasteiger partial charge is 0.0785 e. The van der Waals surface area contributed by atoms with Crippen LogP contribution in [0, 0.1) is 0 Å². The van der Waals surface area contributed by atoms with Crippen LogP contribution >= 0.6 is 24.4 Å². The molecule has 0 fully saturated rings. The standard InChI is InChI=1S/C9H10S2/c1-2-4-7-5-3-6-8(10)9(7)11/h3,5-6H,2,4H2,1H3. The Labute approximate surface area is 78.0 Å². The van der Waals surface area contributed by atoms with Gasteiger partial charge in [-0.3, -0.25) is 0 Å². The van der Waals surface area contributed by atoms with Crippen molar-refractivity contribution in [3.8, 4) is 0 Å². The van der Waals surface area contributed by atoms with Gasteiger partial charge in [0.1, 0.15) is 0 Å². The van der Waals surface area contributed by atoms with E-state index in [0.717, 1.165) is 22.6 Å². The lowest BCUT2D eigenvalue weighted by Gasteiger charge is -2.09. The van der Waals surface area contributed by atoms with Crippen molar-refractivity contribution in [3.05, 3.63) is 23.8 Å². The molecule has 0 N–H and O–H groups in total. The molecule has 0 amide bonds. The third-order valence-corrected chi connectivity index (χ3v) is 2.53. The van der Waals surface area contributed by atoms with E-state index in [-0.39, 0.29) is 0 Å². The summed E-state index contributed by atoms with van der Waals surface area (Å²) in [5, 5.41) is 0. The van der Waals surface area contributed by atoms with E-state index < -0.39 is 0 Å². The lowest BCUT2D eigenvalue weighted by molar-refractivity contribution is 0.939. The normalized spacial score (nSPS) is 17.0. The van der Waals surface area contributed by atoms with Gasteiger partial charge in [0.15, 0.2) is 0 Å². The molecule has 0 radical (unpaired) electrons. The molecule has 1 rings (SSSR count). The Morgan fingerprint density at radius 3 is 2.73 bits per heavy atom. The third kappa shape index (κ3) is 2.04. The maximum Gasteiger partial charge on any atom is 0.0589 e. The molecule has 0 aromatic carbocycles. The smallest absolute Gasteiger partial charge is 0.0589 e. The molecule has 0 aromatic rings. The van der Waals surface area contributed by atoms with Gasteiger partial charge in [-0.25, -0.2) is 0 Å². The number of allylic oxidation sites excluding steroid dienone is 4. The van der Waals surface area contributed by atoms with Crippen molar-refractivity contribution in [3.63, 3.8) is 0 Å². The molecule has 0 unspecified atom stereocenters. The van der Waals surface area contributed by atoms with E-state index in [1.165, 1.54) is 5.57 Å². The Morgan fingerprint density at radius 2 is 2.09 bits per heavy atom. The quantitative estimate of drug-likeness (QED) is 0.602. The van der Waals surface area contributed by atoms with Crippen LogP contribution in [0.15, 0.2) is 23.8 Å². The van der Waals surface area contributed by atoms with Crippen LogP contribution in [0.1, 0.15) is 19.8 Å². The van der Waals surface area contributed by atoms with Gasteiger partial charge >= 0.3 is 0 Å². The molecule has 0 saturated carbocycles. The Balaban J connectivity index is 2.78. The molecule has 0 aromatic heterocycles. The summed E-state index contributed by atoms with van der Waals surface area (Å²) in [7, 11) is 0. The zero-order chi connectivity index (χ0) is 8.27. The van der Waals surface area contributed by atoms with Crippen LogP contribution in [-0.2, 0) is 0 Å². The Bertz CT molecular complexity index is 246. The molecule has 0 spiro atoms. The van der Waals surface area contributed by atoms with E-state index in [4.69, 9.17) is 24.4 Å². The minimum absolute atomic E-state index is 0.811. The van der Waals surface area contributed by atoms with E-state index in [2.05, 4.69) is 13.0 Å². The van der Waals surface area contributed by atoms with Gasteiger partial charge in [-0.2, -0.15) is 0 Å². The van der Waals surface area contributed by atoms with Crippen molar-refractivity contribution in [1.82, 2.24) is 0 Å². The SMILES string of the molecule is CCCC1=CC=CC(=S)C1=S. The van der Waals surface area contributed by atoms with E-state index in [1.807, 2.05) is 12.2 Å². The van der Waals surface area contributed by atoms with E-state index in [9.17, 15) is 0 Å². The first-order valence-corrected chi connectivity index (χ1v) is 4.53.